The summed E-state index contributed by atoms with van der Waals surface area (Å²) in [5.41, 5.74) is 0. The molecule has 0 unspecified atom stereocenters. The van der Waals surface area contributed by atoms with Crippen molar-refractivity contribution in [1.29, 1.82) is 0 Å². The molecule has 1 aromatic rings. The lowest BCUT2D eigenvalue weighted by Crippen LogP contribution is -1.80. The normalized spacial score (nSPS) is 7.82. The van der Waals surface area contributed by atoms with Crippen molar-refractivity contribution < 1.29 is 13.9 Å². The Bertz CT molecular complexity index is 176. The second kappa shape index (κ2) is 7.08. The van der Waals surface area contributed by atoms with Gasteiger partial charge < -0.3 is 9.15 Å². The minimum Gasteiger partial charge on any atom is -0.468 e. The molecule has 62 valence electrons. The smallest absolute Gasteiger partial charge is 0.293 e. The van der Waals surface area contributed by atoms with E-state index < -0.39 is 0 Å². The van der Waals surface area contributed by atoms with E-state index in [-0.39, 0.29) is 5.35 Å². The Morgan fingerprint density at radius 3 is 2.73 bits per heavy atom. The van der Waals surface area contributed by atoms with E-state index in [2.05, 4.69) is 14.1 Å². The molecule has 1 heterocycles. The van der Waals surface area contributed by atoms with Crippen molar-refractivity contribution in [2.24, 2.45) is 0 Å². The van der Waals surface area contributed by atoms with Gasteiger partial charge in [-0.25, -0.2) is 4.98 Å². The monoisotopic (exact) mass is 177 g/mol. The molecule has 0 aromatic carbocycles. The SMILES string of the molecule is CCOC=O.Clc1ncco1. The zero-order valence-electron chi connectivity index (χ0n) is 5.99. The van der Waals surface area contributed by atoms with Crippen LogP contribution in [0, 0.1) is 0 Å². The fourth-order valence-electron chi connectivity index (χ4n) is 0.274. The number of oxazole rings is 1. The summed E-state index contributed by atoms with van der Waals surface area (Å²) in [5.74, 6) is 0. The van der Waals surface area contributed by atoms with Crippen LogP contribution < -0.4 is 0 Å². The van der Waals surface area contributed by atoms with Gasteiger partial charge in [-0.2, -0.15) is 0 Å². The minimum absolute atomic E-state index is 0.190. The van der Waals surface area contributed by atoms with E-state index >= 15 is 0 Å². The van der Waals surface area contributed by atoms with Gasteiger partial charge in [0, 0.05) is 0 Å². The fourth-order valence-corrected chi connectivity index (χ4v) is 0.382. The highest BCUT2D eigenvalue weighted by Gasteiger charge is 1.81. The van der Waals surface area contributed by atoms with Gasteiger partial charge in [-0.15, -0.1) is 0 Å². The zero-order valence-corrected chi connectivity index (χ0v) is 6.75. The molecule has 0 bridgehead atoms. The van der Waals surface area contributed by atoms with Crippen LogP contribution in [0.5, 0.6) is 0 Å². The lowest BCUT2D eigenvalue weighted by molar-refractivity contribution is -0.128. The van der Waals surface area contributed by atoms with Crippen molar-refractivity contribution in [3.05, 3.63) is 17.8 Å². The van der Waals surface area contributed by atoms with Gasteiger partial charge >= 0.3 is 0 Å². The number of aromatic nitrogens is 1. The topological polar surface area (TPSA) is 52.3 Å². The van der Waals surface area contributed by atoms with Crippen molar-refractivity contribution in [3.8, 4) is 0 Å². The Balaban J connectivity index is 0.000000187. The minimum atomic E-state index is 0.190. The van der Waals surface area contributed by atoms with Gasteiger partial charge in [0.15, 0.2) is 0 Å². The maximum Gasteiger partial charge on any atom is 0.293 e. The molecule has 0 aliphatic carbocycles. The Morgan fingerprint density at radius 1 is 1.91 bits per heavy atom. The van der Waals surface area contributed by atoms with Crippen molar-refractivity contribution in [3.63, 3.8) is 0 Å². The van der Waals surface area contributed by atoms with Crippen LogP contribution in [0.3, 0.4) is 0 Å². The molecule has 5 heteroatoms. The van der Waals surface area contributed by atoms with E-state index in [1.165, 1.54) is 12.5 Å². The Kier molecular flexibility index (Phi) is 6.42. The van der Waals surface area contributed by atoms with Crippen LogP contribution in [0.1, 0.15) is 6.92 Å². The predicted molar refractivity (Wildman–Crippen MR) is 39.2 cm³/mol. The number of nitrogens with zero attached hydrogens (tertiary/aromatic N) is 1. The molecule has 0 fully saturated rings. The molecule has 0 saturated heterocycles. The highest BCUT2D eigenvalue weighted by Crippen LogP contribution is 1.99. The highest BCUT2D eigenvalue weighted by molar-refractivity contribution is 6.27. The second-order valence-corrected chi connectivity index (χ2v) is 1.66. The largest absolute Gasteiger partial charge is 0.468 e. The van der Waals surface area contributed by atoms with E-state index in [0.717, 1.165) is 0 Å². The van der Waals surface area contributed by atoms with Gasteiger partial charge in [-0.1, -0.05) is 0 Å². The fraction of sp³-hybridized carbons (Fsp3) is 0.333. The van der Waals surface area contributed by atoms with Gasteiger partial charge in [0.05, 0.1) is 12.8 Å². The first-order chi connectivity index (χ1) is 5.31. The van der Waals surface area contributed by atoms with E-state index in [1.54, 1.807) is 6.92 Å². The number of hydrogen-bond acceptors (Lipinski definition) is 4. The molecule has 0 N–H and O–H groups in total. The number of halogens is 1. The first-order valence-electron chi connectivity index (χ1n) is 2.91. The first kappa shape index (κ1) is 9.97. The van der Waals surface area contributed by atoms with Gasteiger partial charge in [-0.05, 0) is 18.5 Å². The molecule has 0 radical (unpaired) electrons. The quantitative estimate of drug-likeness (QED) is 0.643. The molecule has 0 saturated carbocycles. The summed E-state index contributed by atoms with van der Waals surface area (Å²) in [6.45, 7) is 2.66. The Hall–Kier alpha value is -1.03. The van der Waals surface area contributed by atoms with Gasteiger partial charge in [0.1, 0.15) is 6.26 Å². The van der Waals surface area contributed by atoms with Gasteiger partial charge in [0.25, 0.3) is 11.8 Å². The third kappa shape index (κ3) is 6.86. The third-order valence-corrected chi connectivity index (χ3v) is 0.824. The number of ether oxygens (including phenoxy) is 1. The average molecular weight is 178 g/mol. The van der Waals surface area contributed by atoms with Gasteiger partial charge in [0.2, 0.25) is 0 Å². The number of carbonyl (C=O) groups is 1. The van der Waals surface area contributed by atoms with Crippen molar-refractivity contribution in [2.45, 2.75) is 6.92 Å². The van der Waals surface area contributed by atoms with Crippen molar-refractivity contribution in [2.75, 3.05) is 6.61 Å². The molecule has 0 aliphatic rings. The van der Waals surface area contributed by atoms with E-state index in [4.69, 9.17) is 11.6 Å². The van der Waals surface area contributed by atoms with Crippen LogP contribution >= 0.6 is 11.6 Å². The summed E-state index contributed by atoms with van der Waals surface area (Å²) >= 11 is 5.18. The van der Waals surface area contributed by atoms with Gasteiger partial charge in [-0.3, -0.25) is 4.79 Å². The summed E-state index contributed by atoms with van der Waals surface area (Å²) in [4.78, 5) is 12.7. The van der Waals surface area contributed by atoms with E-state index in [1.807, 2.05) is 0 Å². The summed E-state index contributed by atoms with van der Waals surface area (Å²) in [6.07, 6.45) is 2.91. The van der Waals surface area contributed by atoms with Crippen LogP contribution in [-0.2, 0) is 9.53 Å². The maximum absolute atomic E-state index is 9.18. The maximum atomic E-state index is 9.18. The zero-order chi connectivity index (χ0) is 8.53. The lowest BCUT2D eigenvalue weighted by atomic mass is 10.9. The van der Waals surface area contributed by atoms with Crippen LogP contribution in [-0.4, -0.2) is 18.1 Å². The average Bonchev–Trinajstić information content (AvgIpc) is 2.43. The van der Waals surface area contributed by atoms with E-state index in [9.17, 15) is 4.79 Å². The van der Waals surface area contributed by atoms with Crippen LogP contribution in [0.15, 0.2) is 16.9 Å². The molecule has 0 atom stereocenters. The molecular weight excluding hydrogens is 170 g/mol. The van der Waals surface area contributed by atoms with Crippen LogP contribution in [0.4, 0.5) is 0 Å². The molecule has 0 spiro atoms. The molecule has 1 aromatic heterocycles. The molecule has 4 nitrogen and oxygen atoms in total. The summed E-state index contributed by atoms with van der Waals surface area (Å²) in [6, 6.07) is 0. The molecule has 1 rings (SSSR count). The molecular formula is C6H8ClNO3. The number of carbonyl (C=O) groups excluding carboxylic acids is 1. The Labute approximate surface area is 69.1 Å². The molecule has 0 aliphatic heterocycles. The first-order valence-corrected chi connectivity index (χ1v) is 3.29. The molecule has 11 heavy (non-hydrogen) atoms. The molecule has 0 amide bonds. The van der Waals surface area contributed by atoms with Crippen LogP contribution in [0.2, 0.25) is 5.35 Å². The second-order valence-electron chi connectivity index (χ2n) is 1.34. The van der Waals surface area contributed by atoms with E-state index in [0.29, 0.717) is 13.1 Å². The standard InChI is InChI=1S/C3H2ClNO.C3H6O2/c4-3-5-1-2-6-3;1-2-5-3-4/h1-2H;3H,2H2,1H3. The van der Waals surface area contributed by atoms with Crippen LogP contribution in [0.25, 0.3) is 0 Å². The summed E-state index contributed by atoms with van der Waals surface area (Å²) in [7, 11) is 0. The summed E-state index contributed by atoms with van der Waals surface area (Å²) in [5, 5.41) is 0.190. The lowest BCUT2D eigenvalue weighted by Gasteiger charge is -1.79. The number of rotatable bonds is 2. The number of hydrogen-bond donors (Lipinski definition) is 0. The predicted octanol–water partition coefficient (Wildman–Crippen LogP) is 1.51. The summed E-state index contributed by atoms with van der Waals surface area (Å²) < 4.78 is 8.64. The third-order valence-electron chi connectivity index (χ3n) is 0.637. The Morgan fingerprint density at radius 2 is 2.64 bits per heavy atom. The highest BCUT2D eigenvalue weighted by atomic mass is 35.5. The van der Waals surface area contributed by atoms with Crippen molar-refractivity contribution >= 4 is 18.1 Å². The van der Waals surface area contributed by atoms with Crippen molar-refractivity contribution in [1.82, 2.24) is 4.98 Å².